The third kappa shape index (κ3) is 18.9. The zero-order valence-corrected chi connectivity index (χ0v) is 5.72. The molecule has 46 valence electrons. The molecule has 0 amide bonds. The van der Waals surface area contributed by atoms with E-state index in [1.54, 1.807) is 0 Å². The van der Waals surface area contributed by atoms with Crippen molar-refractivity contribution >= 4 is 0 Å². The molecule has 0 nitrogen and oxygen atoms in total. The van der Waals surface area contributed by atoms with Crippen LogP contribution in [0.15, 0.2) is 37.5 Å². The zero-order valence-electron chi connectivity index (χ0n) is 5.72. The Bertz CT molecular complexity index is 58.1. The van der Waals surface area contributed by atoms with Gasteiger partial charge in [-0.15, -0.1) is 13.2 Å². The van der Waals surface area contributed by atoms with E-state index in [2.05, 4.69) is 13.2 Å². The van der Waals surface area contributed by atoms with Crippen LogP contribution in [0, 0.1) is 0 Å². The Morgan fingerprint density at radius 1 is 0.875 bits per heavy atom. The van der Waals surface area contributed by atoms with E-state index in [1.807, 2.05) is 38.2 Å². The van der Waals surface area contributed by atoms with Gasteiger partial charge in [0.2, 0.25) is 0 Å². The van der Waals surface area contributed by atoms with Crippen molar-refractivity contribution in [2.75, 3.05) is 0 Å². The fourth-order valence-electron chi connectivity index (χ4n) is 0.222. The summed E-state index contributed by atoms with van der Waals surface area (Å²) in [5, 5.41) is 0. The molecule has 0 saturated heterocycles. The first-order chi connectivity index (χ1) is 3.91. The Labute approximate surface area is 52.2 Å². The molecule has 0 atom stereocenters. The van der Waals surface area contributed by atoms with Crippen LogP contribution >= 0.6 is 0 Å². The number of rotatable bonds is 1. The van der Waals surface area contributed by atoms with Crippen molar-refractivity contribution in [1.82, 2.24) is 0 Å². The summed E-state index contributed by atoms with van der Waals surface area (Å²) in [6.45, 7) is 10.0. The molecule has 0 rings (SSSR count). The summed E-state index contributed by atoms with van der Waals surface area (Å²) in [7, 11) is 0. The predicted molar refractivity (Wildman–Crippen MR) is 40.9 cm³/mol. The molecular formula is C8H14. The van der Waals surface area contributed by atoms with Gasteiger partial charge in [-0.05, 0) is 13.8 Å². The first-order valence-electron chi connectivity index (χ1n) is 2.65. The summed E-state index contributed by atoms with van der Waals surface area (Å²) in [4.78, 5) is 0. The first kappa shape index (κ1) is 10.3. The van der Waals surface area contributed by atoms with Gasteiger partial charge in [0.15, 0.2) is 0 Å². The Hall–Kier alpha value is -0.780. The maximum atomic E-state index is 3.00. The highest BCUT2D eigenvalue weighted by Crippen LogP contribution is 1.71. The second-order valence-corrected chi connectivity index (χ2v) is 1.05. The van der Waals surface area contributed by atoms with Gasteiger partial charge in [-0.2, -0.15) is 0 Å². The van der Waals surface area contributed by atoms with Gasteiger partial charge in [0.1, 0.15) is 0 Å². The van der Waals surface area contributed by atoms with Crippen LogP contribution in [0.3, 0.4) is 0 Å². The molecule has 0 spiro atoms. The van der Waals surface area contributed by atoms with E-state index in [0.717, 1.165) is 0 Å². The fourth-order valence-corrected chi connectivity index (χ4v) is 0.222. The average molecular weight is 110 g/mol. The van der Waals surface area contributed by atoms with Crippen LogP contribution < -0.4 is 0 Å². The van der Waals surface area contributed by atoms with E-state index < -0.39 is 0 Å². The van der Waals surface area contributed by atoms with E-state index in [0.29, 0.717) is 0 Å². The maximum Gasteiger partial charge on any atom is -0.0467 e. The molecule has 0 aromatic heterocycles. The summed E-state index contributed by atoms with van der Waals surface area (Å²) < 4.78 is 0. The van der Waals surface area contributed by atoms with E-state index in [9.17, 15) is 0 Å². The third-order valence-corrected chi connectivity index (χ3v) is 0.496. The standard InChI is InChI=1S/C6H10.C2H4/c1-3-5-6-4-2;1-2/h3-6H,1-2H3;1-2H2/b5-3-,6-4+;. The minimum Gasteiger partial charge on any atom is -0.106 e. The summed E-state index contributed by atoms with van der Waals surface area (Å²) in [5.41, 5.74) is 0. The molecule has 0 aliphatic rings. The fraction of sp³-hybridized carbons (Fsp3) is 0.250. The topological polar surface area (TPSA) is 0 Å². The second kappa shape index (κ2) is 16.3. The van der Waals surface area contributed by atoms with Gasteiger partial charge < -0.3 is 0 Å². The predicted octanol–water partition coefficient (Wildman–Crippen LogP) is 2.94. The Morgan fingerprint density at radius 3 is 1.25 bits per heavy atom. The molecule has 0 unspecified atom stereocenters. The van der Waals surface area contributed by atoms with Crippen LogP contribution in [0.1, 0.15) is 13.8 Å². The molecule has 0 N–H and O–H groups in total. The lowest BCUT2D eigenvalue weighted by molar-refractivity contribution is 1.69. The van der Waals surface area contributed by atoms with Crippen LogP contribution in [0.4, 0.5) is 0 Å². The number of hydrogen-bond acceptors (Lipinski definition) is 0. The smallest absolute Gasteiger partial charge is 0.0467 e. The number of allylic oxidation sites excluding steroid dienone is 4. The van der Waals surface area contributed by atoms with E-state index >= 15 is 0 Å². The summed E-state index contributed by atoms with van der Waals surface area (Å²) in [5.74, 6) is 0. The summed E-state index contributed by atoms with van der Waals surface area (Å²) in [6.07, 6.45) is 8.00. The Morgan fingerprint density at radius 2 is 1.12 bits per heavy atom. The van der Waals surface area contributed by atoms with Crippen molar-refractivity contribution in [3.8, 4) is 0 Å². The van der Waals surface area contributed by atoms with Crippen molar-refractivity contribution in [1.29, 1.82) is 0 Å². The summed E-state index contributed by atoms with van der Waals surface area (Å²) in [6, 6.07) is 0. The van der Waals surface area contributed by atoms with Gasteiger partial charge in [-0.3, -0.25) is 0 Å². The van der Waals surface area contributed by atoms with Crippen LogP contribution in [-0.4, -0.2) is 0 Å². The molecule has 0 heterocycles. The van der Waals surface area contributed by atoms with Crippen LogP contribution in [-0.2, 0) is 0 Å². The maximum absolute atomic E-state index is 3.00. The highest BCUT2D eigenvalue weighted by molar-refractivity contribution is 4.98. The lowest BCUT2D eigenvalue weighted by atomic mass is 10.5. The molecule has 0 aromatic rings. The van der Waals surface area contributed by atoms with Gasteiger partial charge in [-0.1, -0.05) is 24.3 Å². The quantitative estimate of drug-likeness (QED) is 0.359. The van der Waals surface area contributed by atoms with E-state index in [1.165, 1.54) is 0 Å². The van der Waals surface area contributed by atoms with Gasteiger partial charge in [0.25, 0.3) is 0 Å². The van der Waals surface area contributed by atoms with E-state index in [-0.39, 0.29) is 0 Å². The zero-order chi connectivity index (χ0) is 6.83. The molecule has 0 bridgehead atoms. The van der Waals surface area contributed by atoms with Crippen molar-refractivity contribution in [3.05, 3.63) is 37.5 Å². The van der Waals surface area contributed by atoms with Crippen molar-refractivity contribution in [2.24, 2.45) is 0 Å². The molecule has 0 heteroatoms. The summed E-state index contributed by atoms with van der Waals surface area (Å²) >= 11 is 0. The molecule has 0 aliphatic carbocycles. The Balaban J connectivity index is 0. The lowest BCUT2D eigenvalue weighted by Crippen LogP contribution is -1.40. The highest BCUT2D eigenvalue weighted by atomic mass is 13.6. The second-order valence-electron chi connectivity index (χ2n) is 1.05. The van der Waals surface area contributed by atoms with Crippen LogP contribution in [0.25, 0.3) is 0 Å². The molecule has 0 saturated carbocycles. The first-order valence-corrected chi connectivity index (χ1v) is 2.65. The van der Waals surface area contributed by atoms with Gasteiger partial charge in [0.05, 0.1) is 0 Å². The largest absolute Gasteiger partial charge is 0.106 e. The molecule has 0 aliphatic heterocycles. The lowest BCUT2D eigenvalue weighted by Gasteiger charge is -1.62. The molecule has 0 aromatic carbocycles. The highest BCUT2D eigenvalue weighted by Gasteiger charge is 1.48. The van der Waals surface area contributed by atoms with Crippen molar-refractivity contribution in [2.45, 2.75) is 13.8 Å². The minimum absolute atomic E-state index is 2.00. The Kier molecular flexibility index (Phi) is 20.9. The molecule has 0 fully saturated rings. The minimum atomic E-state index is 2.00. The normalized spacial score (nSPS) is 9.25. The molecular weight excluding hydrogens is 96.1 g/mol. The van der Waals surface area contributed by atoms with Crippen LogP contribution in [0.5, 0.6) is 0 Å². The molecule has 0 radical (unpaired) electrons. The SMILES string of the molecule is C/C=C\C=C\C.C=C. The monoisotopic (exact) mass is 110 g/mol. The van der Waals surface area contributed by atoms with E-state index in [4.69, 9.17) is 0 Å². The molecule has 8 heavy (non-hydrogen) atoms. The van der Waals surface area contributed by atoms with Gasteiger partial charge >= 0.3 is 0 Å². The van der Waals surface area contributed by atoms with Crippen molar-refractivity contribution in [3.63, 3.8) is 0 Å². The average Bonchev–Trinajstić information content (AvgIpc) is 1.88. The number of hydrogen-bond donors (Lipinski definition) is 0. The third-order valence-electron chi connectivity index (χ3n) is 0.496. The van der Waals surface area contributed by atoms with Gasteiger partial charge in [-0.25, -0.2) is 0 Å². The van der Waals surface area contributed by atoms with Gasteiger partial charge in [0, 0.05) is 0 Å². The van der Waals surface area contributed by atoms with Crippen LogP contribution in [0.2, 0.25) is 0 Å². The van der Waals surface area contributed by atoms with Crippen molar-refractivity contribution < 1.29 is 0 Å².